The minimum Gasteiger partial charge on any atom is -0.496 e. The maximum Gasteiger partial charge on any atom is 0.391 e. The average molecular weight is 402 g/mol. The van der Waals surface area contributed by atoms with Gasteiger partial charge in [0.2, 0.25) is 0 Å². The molecule has 0 saturated carbocycles. The monoisotopic (exact) mass is 402 g/mol. The lowest BCUT2D eigenvalue weighted by atomic mass is 9.88. The minimum atomic E-state index is -4.43. The zero-order valence-electron chi connectivity index (χ0n) is 16.1. The van der Waals surface area contributed by atoms with Crippen molar-refractivity contribution >= 4 is 16.8 Å². The van der Waals surface area contributed by atoms with Crippen LogP contribution in [0.3, 0.4) is 0 Å². The Morgan fingerprint density at radius 3 is 2.48 bits per heavy atom. The maximum absolute atomic E-state index is 13.2. The van der Waals surface area contributed by atoms with Gasteiger partial charge < -0.3 is 10.1 Å². The molecule has 0 aliphatic rings. The number of carbonyl (C=O) groups is 1. The van der Waals surface area contributed by atoms with Crippen LogP contribution in [0.5, 0.6) is 5.75 Å². The van der Waals surface area contributed by atoms with E-state index < -0.39 is 24.0 Å². The number of fused-ring (bicyclic) bond motifs is 1. The van der Waals surface area contributed by atoms with Crippen LogP contribution in [0.4, 0.5) is 13.2 Å². The van der Waals surface area contributed by atoms with Crippen LogP contribution in [-0.4, -0.2) is 29.7 Å². The predicted molar refractivity (Wildman–Crippen MR) is 105 cm³/mol. The van der Waals surface area contributed by atoms with Crippen molar-refractivity contribution in [3.63, 3.8) is 0 Å². The third-order valence-corrected chi connectivity index (χ3v) is 4.61. The molecule has 2 aromatic carbocycles. The van der Waals surface area contributed by atoms with E-state index in [-0.39, 0.29) is 12.0 Å². The van der Waals surface area contributed by atoms with Gasteiger partial charge in [-0.3, -0.25) is 9.78 Å². The summed E-state index contributed by atoms with van der Waals surface area (Å²) < 4.78 is 45.0. The Bertz CT molecular complexity index is 1010. The molecule has 4 nitrogen and oxygen atoms in total. The molecule has 0 spiro atoms. The van der Waals surface area contributed by atoms with Gasteiger partial charge in [-0.15, -0.1) is 0 Å². The topological polar surface area (TPSA) is 51.2 Å². The van der Waals surface area contributed by atoms with Crippen LogP contribution in [0.2, 0.25) is 0 Å². The number of alkyl halides is 3. The van der Waals surface area contributed by atoms with Crippen LogP contribution in [0, 0.1) is 0 Å². The molecule has 1 N–H and O–H groups in total. The molecule has 0 fully saturated rings. The molecule has 0 aliphatic carbocycles. The van der Waals surface area contributed by atoms with E-state index in [1.54, 1.807) is 54.6 Å². The van der Waals surface area contributed by atoms with Gasteiger partial charge in [-0.25, -0.2) is 0 Å². The number of carbonyl (C=O) groups excluding carboxylic acids is 1. The number of hydrogen-bond acceptors (Lipinski definition) is 3. The van der Waals surface area contributed by atoms with E-state index in [2.05, 4.69) is 10.3 Å². The summed E-state index contributed by atoms with van der Waals surface area (Å²) in [5, 5.41) is 3.19. The zero-order chi connectivity index (χ0) is 21.1. The van der Waals surface area contributed by atoms with Crippen molar-refractivity contribution in [1.82, 2.24) is 10.3 Å². The van der Waals surface area contributed by atoms with Crippen LogP contribution in [0.1, 0.15) is 29.3 Å². The van der Waals surface area contributed by atoms with Crippen molar-refractivity contribution in [3.8, 4) is 5.75 Å². The third-order valence-electron chi connectivity index (χ3n) is 4.61. The highest BCUT2D eigenvalue weighted by atomic mass is 19.4. The van der Waals surface area contributed by atoms with Crippen molar-refractivity contribution in [3.05, 3.63) is 71.9 Å². The summed E-state index contributed by atoms with van der Waals surface area (Å²) in [6.45, 7) is 1.40. The number of benzene rings is 2. The van der Waals surface area contributed by atoms with Gasteiger partial charge in [-0.2, -0.15) is 13.2 Å². The second kappa shape index (κ2) is 8.11. The SMILES string of the molecule is COc1cccc2ncc(C(=O)NC(C)(Cc3ccccc3)CC(F)(F)F)cc12. The second-order valence-electron chi connectivity index (χ2n) is 7.22. The molecule has 0 saturated heterocycles. The zero-order valence-corrected chi connectivity index (χ0v) is 16.1. The number of nitrogens with one attached hydrogen (secondary N) is 1. The third kappa shape index (κ3) is 5.25. The van der Waals surface area contributed by atoms with E-state index >= 15 is 0 Å². The van der Waals surface area contributed by atoms with Gasteiger partial charge in [0.15, 0.2) is 0 Å². The molecular formula is C22H21F3N2O2. The fourth-order valence-electron chi connectivity index (χ4n) is 3.41. The minimum absolute atomic E-state index is 0.0451. The number of nitrogens with zero attached hydrogens (tertiary/aromatic N) is 1. The molecule has 3 rings (SSSR count). The summed E-state index contributed by atoms with van der Waals surface area (Å²) in [5.41, 5.74) is -0.00330. The van der Waals surface area contributed by atoms with Crippen LogP contribution >= 0.6 is 0 Å². The number of rotatable bonds is 6. The molecule has 1 heterocycles. The summed E-state index contributed by atoms with van der Waals surface area (Å²) in [4.78, 5) is 17.1. The van der Waals surface area contributed by atoms with Gasteiger partial charge in [-0.1, -0.05) is 36.4 Å². The number of ether oxygens (including phenoxy) is 1. The first-order chi connectivity index (χ1) is 13.7. The summed E-state index contributed by atoms with van der Waals surface area (Å²) in [5.74, 6) is -0.0834. The Balaban J connectivity index is 1.90. The molecule has 0 radical (unpaired) electrons. The summed E-state index contributed by atoms with van der Waals surface area (Å²) in [7, 11) is 1.50. The quantitative estimate of drug-likeness (QED) is 0.636. The first-order valence-corrected chi connectivity index (χ1v) is 9.05. The van der Waals surface area contributed by atoms with E-state index in [0.717, 1.165) is 0 Å². The Hall–Kier alpha value is -3.09. The Morgan fingerprint density at radius 2 is 1.83 bits per heavy atom. The van der Waals surface area contributed by atoms with Gasteiger partial charge in [0.25, 0.3) is 5.91 Å². The Labute approximate surface area is 166 Å². The number of halogens is 3. The van der Waals surface area contributed by atoms with Crippen molar-refractivity contribution in [2.75, 3.05) is 7.11 Å². The number of hydrogen-bond donors (Lipinski definition) is 1. The van der Waals surface area contributed by atoms with E-state index in [9.17, 15) is 18.0 Å². The fourth-order valence-corrected chi connectivity index (χ4v) is 3.41. The molecule has 1 atom stereocenters. The molecule has 0 aliphatic heterocycles. The lowest BCUT2D eigenvalue weighted by molar-refractivity contribution is -0.147. The van der Waals surface area contributed by atoms with E-state index in [1.165, 1.54) is 20.2 Å². The number of methoxy groups -OCH3 is 1. The standard InChI is InChI=1S/C22H21F3N2O2/c1-21(14-22(23,24)25,12-15-7-4-3-5-8-15)27-20(28)16-11-17-18(26-13-16)9-6-10-19(17)29-2/h3-11,13H,12,14H2,1-2H3,(H,27,28). The lowest BCUT2D eigenvalue weighted by Crippen LogP contribution is -2.50. The average Bonchev–Trinajstić information content (AvgIpc) is 2.66. The lowest BCUT2D eigenvalue weighted by Gasteiger charge is -2.32. The van der Waals surface area contributed by atoms with Crippen LogP contribution < -0.4 is 10.1 Å². The van der Waals surface area contributed by atoms with Crippen molar-refractivity contribution in [2.24, 2.45) is 0 Å². The first kappa shape index (κ1) is 20.6. The molecule has 1 amide bonds. The van der Waals surface area contributed by atoms with E-state index in [1.807, 2.05) is 0 Å². The maximum atomic E-state index is 13.2. The molecule has 7 heteroatoms. The van der Waals surface area contributed by atoms with Crippen LogP contribution in [0.25, 0.3) is 10.9 Å². The first-order valence-electron chi connectivity index (χ1n) is 9.05. The van der Waals surface area contributed by atoms with Gasteiger partial charge in [0.05, 0.1) is 30.1 Å². The Kier molecular flexibility index (Phi) is 5.77. The van der Waals surface area contributed by atoms with Gasteiger partial charge in [-0.05, 0) is 37.1 Å². The van der Waals surface area contributed by atoms with Gasteiger partial charge in [0.1, 0.15) is 5.75 Å². The molecule has 0 bridgehead atoms. The largest absolute Gasteiger partial charge is 0.496 e. The van der Waals surface area contributed by atoms with E-state index in [4.69, 9.17) is 4.74 Å². The smallest absolute Gasteiger partial charge is 0.391 e. The molecule has 1 aromatic heterocycles. The molecule has 29 heavy (non-hydrogen) atoms. The molecule has 3 aromatic rings. The van der Waals surface area contributed by atoms with Crippen molar-refractivity contribution in [1.29, 1.82) is 0 Å². The van der Waals surface area contributed by atoms with Gasteiger partial charge in [0, 0.05) is 11.6 Å². The predicted octanol–water partition coefficient (Wildman–Crippen LogP) is 4.93. The Morgan fingerprint density at radius 1 is 1.10 bits per heavy atom. The molecule has 1 unspecified atom stereocenters. The van der Waals surface area contributed by atoms with E-state index in [0.29, 0.717) is 22.2 Å². The van der Waals surface area contributed by atoms with Crippen LogP contribution in [0.15, 0.2) is 60.8 Å². The number of pyridine rings is 1. The normalized spacial score (nSPS) is 13.7. The summed E-state index contributed by atoms with van der Waals surface area (Å²) >= 11 is 0. The van der Waals surface area contributed by atoms with Crippen molar-refractivity contribution in [2.45, 2.75) is 31.5 Å². The van der Waals surface area contributed by atoms with Crippen molar-refractivity contribution < 1.29 is 22.7 Å². The van der Waals surface area contributed by atoms with Gasteiger partial charge >= 0.3 is 6.18 Å². The molecule has 152 valence electrons. The highest BCUT2D eigenvalue weighted by molar-refractivity contribution is 5.98. The molecular weight excluding hydrogens is 381 g/mol. The second-order valence-corrected chi connectivity index (χ2v) is 7.22. The fraction of sp³-hybridized carbons (Fsp3) is 0.273. The summed E-state index contributed by atoms with van der Waals surface area (Å²) in [6.07, 6.45) is -4.18. The van der Waals surface area contributed by atoms with Crippen LogP contribution in [-0.2, 0) is 6.42 Å². The highest BCUT2D eigenvalue weighted by Gasteiger charge is 2.40. The summed E-state index contributed by atoms with van der Waals surface area (Å²) in [6, 6.07) is 15.6. The number of aromatic nitrogens is 1. The number of amides is 1. The highest BCUT2D eigenvalue weighted by Crippen LogP contribution is 2.31.